The predicted octanol–water partition coefficient (Wildman–Crippen LogP) is 5.71. The maximum absolute atomic E-state index is 12.8. The van der Waals surface area contributed by atoms with Crippen LogP contribution in [0.15, 0.2) is 72.8 Å². The molecule has 0 unspecified atom stereocenters. The number of Topliss-reactive ketones (excluding diaryl/α,β-unsaturated/α-hetero) is 1. The molecule has 0 radical (unpaired) electrons. The molecule has 1 aliphatic rings. The van der Waals surface area contributed by atoms with E-state index in [0.717, 1.165) is 56.6 Å². The molecule has 3 nitrogen and oxygen atoms in total. The molecule has 0 aliphatic heterocycles. The highest BCUT2D eigenvalue weighted by molar-refractivity contribution is 6.10. The lowest BCUT2D eigenvalue weighted by molar-refractivity contribution is 0.0995. The topological polar surface area (TPSA) is 39.2 Å². The van der Waals surface area contributed by atoms with E-state index in [0.29, 0.717) is 6.42 Å². The number of aromatic nitrogens is 1. The molecule has 0 spiro atoms. The van der Waals surface area contributed by atoms with Crippen molar-refractivity contribution >= 4 is 16.6 Å². The average Bonchev–Trinajstić information content (AvgIpc) is 3.14. The number of aryl methyl sites for hydroxylation is 1. The molecular formula is C25H19NO2. The summed E-state index contributed by atoms with van der Waals surface area (Å²) in [5, 5.41) is 2.14. The summed E-state index contributed by atoms with van der Waals surface area (Å²) < 4.78 is 5.70. The molecule has 0 N–H and O–H groups in total. The predicted molar refractivity (Wildman–Crippen MR) is 112 cm³/mol. The van der Waals surface area contributed by atoms with E-state index in [1.807, 2.05) is 42.5 Å². The normalized spacial score (nSPS) is 13.0. The zero-order valence-corrected chi connectivity index (χ0v) is 15.6. The standard InChI is InChI=1S/C25H19NO2/c1-28-22-14-12-16-7-5-6-10-19(16)24(22)25-23-18(11-13-21(23)27)15-20(26-25)17-8-3-2-4-9-17/h2-10,12,14-15H,11,13H2,1H3. The number of rotatable bonds is 3. The van der Waals surface area contributed by atoms with E-state index in [1.165, 1.54) is 0 Å². The molecule has 0 fully saturated rings. The van der Waals surface area contributed by atoms with Gasteiger partial charge in [-0.2, -0.15) is 0 Å². The maximum atomic E-state index is 12.8. The quantitative estimate of drug-likeness (QED) is 0.467. The summed E-state index contributed by atoms with van der Waals surface area (Å²) in [6.45, 7) is 0. The Kier molecular flexibility index (Phi) is 3.94. The minimum absolute atomic E-state index is 0.159. The summed E-state index contributed by atoms with van der Waals surface area (Å²) in [5.74, 6) is 0.894. The van der Waals surface area contributed by atoms with Gasteiger partial charge in [0.25, 0.3) is 0 Å². The van der Waals surface area contributed by atoms with Crippen molar-refractivity contribution in [2.45, 2.75) is 12.8 Å². The molecule has 0 saturated carbocycles. The van der Waals surface area contributed by atoms with Gasteiger partial charge in [-0.3, -0.25) is 4.79 Å². The van der Waals surface area contributed by atoms with Crippen molar-refractivity contribution in [1.29, 1.82) is 0 Å². The highest BCUT2D eigenvalue weighted by Gasteiger charge is 2.28. The zero-order valence-electron chi connectivity index (χ0n) is 15.6. The highest BCUT2D eigenvalue weighted by Crippen LogP contribution is 2.41. The summed E-state index contributed by atoms with van der Waals surface area (Å²) in [7, 11) is 1.66. The van der Waals surface area contributed by atoms with Crippen LogP contribution in [-0.4, -0.2) is 17.9 Å². The van der Waals surface area contributed by atoms with Gasteiger partial charge in [-0.15, -0.1) is 0 Å². The van der Waals surface area contributed by atoms with Crippen LogP contribution in [-0.2, 0) is 6.42 Å². The summed E-state index contributed by atoms with van der Waals surface area (Å²) >= 11 is 0. The number of hydrogen-bond acceptors (Lipinski definition) is 3. The first kappa shape index (κ1) is 16.7. The van der Waals surface area contributed by atoms with Crippen molar-refractivity contribution in [2.75, 3.05) is 7.11 Å². The van der Waals surface area contributed by atoms with Gasteiger partial charge in [0.15, 0.2) is 5.78 Å². The fourth-order valence-electron chi connectivity index (χ4n) is 4.08. The SMILES string of the molecule is COc1ccc2ccccc2c1-c1nc(-c2ccccc2)cc2c1C(=O)CC2. The lowest BCUT2D eigenvalue weighted by Crippen LogP contribution is -2.02. The first-order valence-electron chi connectivity index (χ1n) is 9.45. The number of methoxy groups -OCH3 is 1. The first-order chi connectivity index (χ1) is 13.8. The van der Waals surface area contributed by atoms with Gasteiger partial charge >= 0.3 is 0 Å². The molecule has 1 aliphatic carbocycles. The molecule has 0 bridgehead atoms. The molecule has 0 saturated heterocycles. The monoisotopic (exact) mass is 365 g/mol. The van der Waals surface area contributed by atoms with Crippen LogP contribution in [0.25, 0.3) is 33.3 Å². The van der Waals surface area contributed by atoms with Gasteiger partial charge in [0.2, 0.25) is 0 Å². The molecule has 1 heterocycles. The minimum atomic E-state index is 0.159. The summed E-state index contributed by atoms with van der Waals surface area (Å²) in [6, 6.07) is 24.3. The van der Waals surface area contributed by atoms with Crippen molar-refractivity contribution in [2.24, 2.45) is 0 Å². The second-order valence-electron chi connectivity index (χ2n) is 7.04. The van der Waals surface area contributed by atoms with Crippen molar-refractivity contribution in [1.82, 2.24) is 4.98 Å². The van der Waals surface area contributed by atoms with E-state index in [1.54, 1.807) is 7.11 Å². The Bertz CT molecular complexity index is 1210. The molecule has 0 amide bonds. The Morgan fingerprint density at radius 3 is 2.46 bits per heavy atom. The van der Waals surface area contributed by atoms with Gasteiger partial charge in [0.05, 0.1) is 24.1 Å². The Labute approximate surface area is 163 Å². The Morgan fingerprint density at radius 2 is 1.64 bits per heavy atom. The van der Waals surface area contributed by atoms with E-state index in [9.17, 15) is 4.79 Å². The molecule has 136 valence electrons. The largest absolute Gasteiger partial charge is 0.496 e. The van der Waals surface area contributed by atoms with Crippen molar-refractivity contribution in [3.63, 3.8) is 0 Å². The molecule has 4 aromatic rings. The third kappa shape index (κ3) is 2.59. The maximum Gasteiger partial charge on any atom is 0.165 e. The minimum Gasteiger partial charge on any atom is -0.496 e. The number of fused-ring (bicyclic) bond motifs is 2. The highest BCUT2D eigenvalue weighted by atomic mass is 16.5. The van der Waals surface area contributed by atoms with Crippen molar-refractivity contribution < 1.29 is 9.53 Å². The van der Waals surface area contributed by atoms with Crippen LogP contribution in [0.5, 0.6) is 5.75 Å². The smallest absolute Gasteiger partial charge is 0.165 e. The molecule has 1 aromatic heterocycles. The number of ketones is 1. The van der Waals surface area contributed by atoms with Crippen LogP contribution in [0.3, 0.4) is 0 Å². The summed E-state index contributed by atoms with van der Waals surface area (Å²) in [6.07, 6.45) is 1.30. The second-order valence-corrected chi connectivity index (χ2v) is 7.04. The molecule has 3 aromatic carbocycles. The third-order valence-electron chi connectivity index (χ3n) is 5.42. The fraction of sp³-hybridized carbons (Fsp3) is 0.120. The lowest BCUT2D eigenvalue weighted by Gasteiger charge is -2.16. The second kappa shape index (κ2) is 6.61. The van der Waals surface area contributed by atoms with Gasteiger partial charge in [0.1, 0.15) is 5.75 Å². The van der Waals surface area contributed by atoms with Crippen LogP contribution < -0.4 is 4.74 Å². The number of ether oxygens (including phenoxy) is 1. The number of hydrogen-bond donors (Lipinski definition) is 0. The first-order valence-corrected chi connectivity index (χ1v) is 9.45. The number of pyridine rings is 1. The van der Waals surface area contributed by atoms with Gasteiger partial charge in [-0.05, 0) is 34.9 Å². The summed E-state index contributed by atoms with van der Waals surface area (Å²) in [5.41, 5.74) is 5.37. The van der Waals surface area contributed by atoms with E-state index >= 15 is 0 Å². The Morgan fingerprint density at radius 1 is 0.857 bits per heavy atom. The van der Waals surface area contributed by atoms with Gasteiger partial charge in [-0.25, -0.2) is 4.98 Å². The molecule has 0 atom stereocenters. The zero-order chi connectivity index (χ0) is 19.1. The number of carbonyl (C=O) groups is 1. The van der Waals surface area contributed by atoms with Crippen molar-refractivity contribution in [3.05, 3.63) is 83.9 Å². The Hall–Kier alpha value is -3.46. The van der Waals surface area contributed by atoms with Crippen LogP contribution in [0, 0.1) is 0 Å². The number of nitrogens with zero attached hydrogens (tertiary/aromatic N) is 1. The van der Waals surface area contributed by atoms with Crippen LogP contribution in [0.4, 0.5) is 0 Å². The van der Waals surface area contributed by atoms with Gasteiger partial charge in [-0.1, -0.05) is 60.7 Å². The van der Waals surface area contributed by atoms with E-state index < -0.39 is 0 Å². The molecule has 5 rings (SSSR count). The summed E-state index contributed by atoms with van der Waals surface area (Å²) in [4.78, 5) is 17.8. The van der Waals surface area contributed by atoms with Crippen molar-refractivity contribution in [3.8, 4) is 28.3 Å². The van der Waals surface area contributed by atoms with Crippen LogP contribution >= 0.6 is 0 Å². The Balaban J connectivity index is 1.87. The molecule has 3 heteroatoms. The van der Waals surface area contributed by atoms with Gasteiger partial charge < -0.3 is 4.74 Å². The van der Waals surface area contributed by atoms with E-state index in [2.05, 4.69) is 30.3 Å². The molecule has 28 heavy (non-hydrogen) atoms. The van der Waals surface area contributed by atoms with E-state index in [-0.39, 0.29) is 5.78 Å². The average molecular weight is 365 g/mol. The van der Waals surface area contributed by atoms with Gasteiger partial charge in [0, 0.05) is 17.5 Å². The number of carbonyl (C=O) groups excluding carboxylic acids is 1. The van der Waals surface area contributed by atoms with Crippen LogP contribution in [0.2, 0.25) is 0 Å². The lowest BCUT2D eigenvalue weighted by atomic mass is 9.95. The third-order valence-corrected chi connectivity index (χ3v) is 5.42. The number of benzene rings is 3. The van der Waals surface area contributed by atoms with E-state index in [4.69, 9.17) is 9.72 Å². The van der Waals surface area contributed by atoms with Crippen LogP contribution in [0.1, 0.15) is 22.3 Å². The fourth-order valence-corrected chi connectivity index (χ4v) is 4.08. The molecular weight excluding hydrogens is 346 g/mol.